The van der Waals surface area contributed by atoms with Crippen molar-refractivity contribution in [1.82, 2.24) is 0 Å². The van der Waals surface area contributed by atoms with E-state index in [9.17, 15) is 14.4 Å². The minimum atomic E-state index is -0.823. The fourth-order valence-corrected chi connectivity index (χ4v) is 9.87. The first-order valence-electron chi connectivity index (χ1n) is 34.7. The van der Waals surface area contributed by atoms with Crippen molar-refractivity contribution >= 4 is 17.9 Å². The lowest BCUT2D eigenvalue weighted by Gasteiger charge is -2.18. The van der Waals surface area contributed by atoms with Crippen molar-refractivity contribution in [2.45, 2.75) is 348 Å². The van der Waals surface area contributed by atoms with Crippen LogP contribution in [0.1, 0.15) is 342 Å². The summed E-state index contributed by atoms with van der Waals surface area (Å²) in [4.78, 5) is 38.3. The van der Waals surface area contributed by atoms with Crippen LogP contribution >= 0.6 is 0 Å². The molecule has 1 atom stereocenters. The molecule has 0 aromatic rings. The van der Waals surface area contributed by atoms with Gasteiger partial charge >= 0.3 is 17.9 Å². The maximum Gasteiger partial charge on any atom is 0.306 e. The minimum absolute atomic E-state index is 0.108. The van der Waals surface area contributed by atoms with Crippen molar-refractivity contribution in [3.8, 4) is 0 Å². The van der Waals surface area contributed by atoms with E-state index in [0.29, 0.717) is 19.3 Å². The Labute approximate surface area is 502 Å². The quantitative estimate of drug-likeness (QED) is 0.0261. The SMILES string of the molecule is CC/C=C\C/C=C\C/C=C\C/C=C\C/C=C\C/C=C\CCC(=O)OC(COC(=O)CCCCCCC/C=C\CCCCCCCC)COC(=O)CCCCCCCCCCCCCCCCCCC/C=C\CCCCCCCCCC. The number of unbranched alkanes of at least 4 members (excludes halogenated alkanes) is 36. The topological polar surface area (TPSA) is 78.9 Å². The second kappa shape index (κ2) is 68.8. The van der Waals surface area contributed by atoms with Gasteiger partial charge in [-0.05, 0) is 109 Å². The van der Waals surface area contributed by atoms with E-state index in [1.807, 2.05) is 6.08 Å². The number of hydrogen-bond donors (Lipinski definition) is 0. The summed E-state index contributed by atoms with van der Waals surface area (Å²) in [7, 11) is 0. The lowest BCUT2D eigenvalue weighted by molar-refractivity contribution is -0.166. The highest BCUT2D eigenvalue weighted by atomic mass is 16.6. The Balaban J connectivity index is 4.33. The normalized spacial score (nSPS) is 12.7. The molecule has 0 amide bonds. The number of allylic oxidation sites excluding steroid dienone is 16. The van der Waals surface area contributed by atoms with Crippen LogP contribution in [-0.4, -0.2) is 37.2 Å². The average Bonchev–Trinajstić information content (AvgIpc) is 3.47. The second-order valence-corrected chi connectivity index (χ2v) is 23.1. The monoisotopic (exact) mass is 1130 g/mol. The third kappa shape index (κ3) is 67.0. The van der Waals surface area contributed by atoms with E-state index in [2.05, 4.69) is 112 Å². The largest absolute Gasteiger partial charge is 0.462 e. The van der Waals surface area contributed by atoms with Crippen LogP contribution in [0.2, 0.25) is 0 Å². The Bertz CT molecular complexity index is 1580. The molecule has 0 N–H and O–H groups in total. The van der Waals surface area contributed by atoms with Gasteiger partial charge in [-0.3, -0.25) is 14.4 Å². The zero-order chi connectivity index (χ0) is 58.5. The molecule has 0 aliphatic rings. The molecule has 466 valence electrons. The summed E-state index contributed by atoms with van der Waals surface area (Å²) in [5, 5.41) is 0. The fraction of sp³-hybridized carbons (Fsp3) is 0.747. The molecule has 0 aliphatic heterocycles. The molecule has 0 saturated carbocycles. The van der Waals surface area contributed by atoms with Gasteiger partial charge in [-0.2, -0.15) is 0 Å². The number of carbonyl (C=O) groups is 3. The number of esters is 3. The predicted molar refractivity (Wildman–Crippen MR) is 353 cm³/mol. The van der Waals surface area contributed by atoms with Gasteiger partial charge in [0.2, 0.25) is 0 Å². The highest BCUT2D eigenvalue weighted by Crippen LogP contribution is 2.17. The van der Waals surface area contributed by atoms with Gasteiger partial charge in [-0.25, -0.2) is 0 Å². The molecule has 6 heteroatoms. The van der Waals surface area contributed by atoms with Gasteiger partial charge in [0.15, 0.2) is 6.10 Å². The molecule has 0 saturated heterocycles. The van der Waals surface area contributed by atoms with Gasteiger partial charge < -0.3 is 14.2 Å². The minimum Gasteiger partial charge on any atom is -0.462 e. The predicted octanol–water partition coefficient (Wildman–Crippen LogP) is 24.0. The molecule has 0 bridgehead atoms. The van der Waals surface area contributed by atoms with E-state index in [1.54, 1.807) is 0 Å². The zero-order valence-electron chi connectivity index (χ0n) is 53.5. The van der Waals surface area contributed by atoms with Crippen molar-refractivity contribution in [3.05, 3.63) is 97.2 Å². The van der Waals surface area contributed by atoms with Crippen molar-refractivity contribution in [3.63, 3.8) is 0 Å². The molecule has 0 spiro atoms. The van der Waals surface area contributed by atoms with Crippen LogP contribution in [0.25, 0.3) is 0 Å². The summed E-state index contributed by atoms with van der Waals surface area (Å²) in [5.74, 6) is -0.989. The Kier molecular flexibility index (Phi) is 65.7. The number of rotatable bonds is 63. The highest BCUT2D eigenvalue weighted by Gasteiger charge is 2.19. The van der Waals surface area contributed by atoms with E-state index >= 15 is 0 Å². The van der Waals surface area contributed by atoms with Gasteiger partial charge in [0.25, 0.3) is 0 Å². The van der Waals surface area contributed by atoms with Gasteiger partial charge in [-0.1, -0.05) is 311 Å². The zero-order valence-corrected chi connectivity index (χ0v) is 53.5. The summed E-state index contributed by atoms with van der Waals surface area (Å²) in [6.45, 7) is 6.49. The Morgan fingerprint density at radius 3 is 0.802 bits per heavy atom. The summed E-state index contributed by atoms with van der Waals surface area (Å²) < 4.78 is 16.9. The second-order valence-electron chi connectivity index (χ2n) is 23.1. The molecule has 0 aliphatic carbocycles. The van der Waals surface area contributed by atoms with E-state index < -0.39 is 12.1 Å². The van der Waals surface area contributed by atoms with Gasteiger partial charge in [-0.15, -0.1) is 0 Å². The molecule has 6 nitrogen and oxygen atoms in total. The molecule has 0 heterocycles. The molecule has 1 unspecified atom stereocenters. The molecule has 0 aromatic carbocycles. The number of carbonyl (C=O) groups excluding carboxylic acids is 3. The summed E-state index contributed by atoms with van der Waals surface area (Å²) in [6.07, 6.45) is 93.1. The van der Waals surface area contributed by atoms with E-state index in [-0.39, 0.29) is 31.6 Å². The van der Waals surface area contributed by atoms with Crippen LogP contribution in [0.15, 0.2) is 97.2 Å². The standard InChI is InChI=1S/C75H130O6/c1-4-7-10-13-16-19-22-25-28-30-32-33-34-35-36-37-38-39-40-41-43-44-47-50-53-56-59-62-65-68-74(77)80-71-72(70-79-73(76)67-64-61-58-55-52-49-46-27-24-21-18-15-12-9-6-3)81-75(78)69-66-63-60-57-54-51-48-45-42-31-29-26-23-20-17-14-11-8-5-2/h8,11,17,20,26-27,29-30,32,42,45-46,51,54,60,63,72H,4-7,9-10,12-16,18-19,21-25,28,31,33-41,43-44,47-50,52-53,55-59,61-62,64-71H2,1-3H3/b11-8-,20-17-,29-26-,32-30-,45-42-,46-27-,54-51-,63-60-. The molecule has 81 heavy (non-hydrogen) atoms. The van der Waals surface area contributed by atoms with Crippen LogP contribution in [0, 0.1) is 0 Å². The van der Waals surface area contributed by atoms with Crippen LogP contribution in [-0.2, 0) is 28.6 Å². The first kappa shape index (κ1) is 77.3. The third-order valence-corrected chi connectivity index (χ3v) is 15.1. The van der Waals surface area contributed by atoms with E-state index in [4.69, 9.17) is 14.2 Å². The van der Waals surface area contributed by atoms with Crippen LogP contribution < -0.4 is 0 Å². The van der Waals surface area contributed by atoms with Crippen molar-refractivity contribution in [1.29, 1.82) is 0 Å². The van der Waals surface area contributed by atoms with Crippen LogP contribution in [0.3, 0.4) is 0 Å². The summed E-state index contributed by atoms with van der Waals surface area (Å²) in [6, 6.07) is 0. The van der Waals surface area contributed by atoms with Gasteiger partial charge in [0.05, 0.1) is 0 Å². The lowest BCUT2D eigenvalue weighted by atomic mass is 10.0. The van der Waals surface area contributed by atoms with Crippen molar-refractivity contribution in [2.75, 3.05) is 13.2 Å². The first-order chi connectivity index (χ1) is 40.0. The molecular formula is C75H130O6. The fourth-order valence-electron chi connectivity index (χ4n) is 9.87. The molecular weight excluding hydrogens is 997 g/mol. The first-order valence-corrected chi connectivity index (χ1v) is 34.7. The summed E-state index contributed by atoms with van der Waals surface area (Å²) >= 11 is 0. The summed E-state index contributed by atoms with van der Waals surface area (Å²) in [5.41, 5.74) is 0. The smallest absolute Gasteiger partial charge is 0.306 e. The Morgan fingerprint density at radius 2 is 0.506 bits per heavy atom. The van der Waals surface area contributed by atoms with Gasteiger partial charge in [0, 0.05) is 19.3 Å². The molecule has 0 aromatic heterocycles. The van der Waals surface area contributed by atoms with Crippen LogP contribution in [0.5, 0.6) is 0 Å². The van der Waals surface area contributed by atoms with Gasteiger partial charge in [0.1, 0.15) is 13.2 Å². The number of ether oxygens (including phenoxy) is 3. The maximum absolute atomic E-state index is 12.9. The molecule has 0 radical (unpaired) electrons. The molecule has 0 rings (SSSR count). The van der Waals surface area contributed by atoms with E-state index in [0.717, 1.165) is 89.9 Å². The molecule has 0 fully saturated rings. The lowest BCUT2D eigenvalue weighted by Crippen LogP contribution is -2.30. The maximum atomic E-state index is 12.9. The van der Waals surface area contributed by atoms with Crippen molar-refractivity contribution < 1.29 is 28.6 Å². The Hall–Kier alpha value is -3.67. The average molecular weight is 1130 g/mol. The third-order valence-electron chi connectivity index (χ3n) is 15.1. The van der Waals surface area contributed by atoms with E-state index in [1.165, 1.54) is 205 Å². The highest BCUT2D eigenvalue weighted by molar-refractivity contribution is 5.71. The Morgan fingerprint density at radius 1 is 0.259 bits per heavy atom. The number of hydrogen-bond acceptors (Lipinski definition) is 6. The van der Waals surface area contributed by atoms with Crippen LogP contribution in [0.4, 0.5) is 0 Å². The van der Waals surface area contributed by atoms with Crippen molar-refractivity contribution in [2.24, 2.45) is 0 Å².